The number of nitrogens with zero attached hydrogens (tertiary/aromatic N) is 2. The molecule has 3 heterocycles. The molecule has 24 heavy (non-hydrogen) atoms. The summed E-state index contributed by atoms with van der Waals surface area (Å²) in [6.45, 7) is 1.41. The minimum atomic E-state index is -0.559. The largest absolute Gasteiger partial charge is 0.472 e. The first-order valence-electron chi connectivity index (χ1n) is 7.58. The first kappa shape index (κ1) is 16.3. The van der Waals surface area contributed by atoms with Crippen LogP contribution in [-0.2, 0) is 0 Å². The summed E-state index contributed by atoms with van der Waals surface area (Å²) in [6.07, 6.45) is 5.88. The van der Waals surface area contributed by atoms with Crippen molar-refractivity contribution in [2.75, 3.05) is 18.0 Å². The van der Waals surface area contributed by atoms with Crippen LogP contribution in [0.4, 0.5) is 5.82 Å². The van der Waals surface area contributed by atoms with E-state index in [2.05, 4.69) is 10.3 Å². The molecule has 0 atom stereocenters. The number of primary amides is 1. The van der Waals surface area contributed by atoms with Crippen LogP contribution in [0.3, 0.4) is 0 Å². The molecule has 0 spiro atoms. The van der Waals surface area contributed by atoms with Gasteiger partial charge in [0.05, 0.1) is 22.4 Å². The molecular weight excluding hydrogens is 332 g/mol. The van der Waals surface area contributed by atoms with Gasteiger partial charge in [0.25, 0.3) is 5.91 Å². The molecule has 2 amide bonds. The lowest BCUT2D eigenvalue weighted by Gasteiger charge is -2.33. The van der Waals surface area contributed by atoms with Gasteiger partial charge in [0.15, 0.2) is 0 Å². The SMILES string of the molecule is NC(=O)c1cnc(N2CCC(NC(=O)c3ccoc3)CC2)c(Cl)c1. The number of piperidine rings is 1. The summed E-state index contributed by atoms with van der Waals surface area (Å²) in [6, 6.07) is 3.25. The van der Waals surface area contributed by atoms with Gasteiger partial charge in [-0.3, -0.25) is 9.59 Å². The highest BCUT2D eigenvalue weighted by molar-refractivity contribution is 6.33. The van der Waals surface area contributed by atoms with Crippen LogP contribution >= 0.6 is 11.6 Å². The van der Waals surface area contributed by atoms with E-state index in [0.29, 0.717) is 29.5 Å². The minimum Gasteiger partial charge on any atom is -0.472 e. The molecule has 2 aromatic heterocycles. The zero-order chi connectivity index (χ0) is 17.1. The number of pyridine rings is 1. The topological polar surface area (TPSA) is 101 Å². The fourth-order valence-corrected chi connectivity index (χ4v) is 2.98. The molecule has 0 radical (unpaired) electrons. The Morgan fingerprint density at radius 1 is 1.33 bits per heavy atom. The number of amides is 2. The van der Waals surface area contributed by atoms with E-state index in [4.69, 9.17) is 21.8 Å². The standard InChI is InChI=1S/C16H17ClN4O3/c17-13-7-11(14(18)22)8-19-15(13)21-4-1-12(2-5-21)20-16(23)10-3-6-24-9-10/h3,6-9,12H,1-2,4-5H2,(H2,18,22)(H,20,23). The molecule has 1 aliphatic heterocycles. The van der Waals surface area contributed by atoms with Gasteiger partial charge in [-0.05, 0) is 25.0 Å². The van der Waals surface area contributed by atoms with E-state index in [1.54, 1.807) is 6.07 Å². The van der Waals surface area contributed by atoms with Crippen molar-refractivity contribution >= 4 is 29.2 Å². The average Bonchev–Trinajstić information content (AvgIpc) is 3.10. The molecule has 0 aliphatic carbocycles. The molecule has 0 aromatic carbocycles. The summed E-state index contributed by atoms with van der Waals surface area (Å²) in [5, 5.41) is 3.39. The lowest BCUT2D eigenvalue weighted by molar-refractivity contribution is 0.0929. The van der Waals surface area contributed by atoms with Crippen molar-refractivity contribution < 1.29 is 14.0 Å². The zero-order valence-corrected chi connectivity index (χ0v) is 13.6. The van der Waals surface area contributed by atoms with Gasteiger partial charge in [0, 0.05) is 25.3 Å². The zero-order valence-electron chi connectivity index (χ0n) is 12.9. The van der Waals surface area contributed by atoms with Gasteiger partial charge in [-0.25, -0.2) is 4.98 Å². The molecular formula is C16H17ClN4O3. The van der Waals surface area contributed by atoms with E-state index in [1.807, 2.05) is 4.90 Å². The van der Waals surface area contributed by atoms with Crippen LogP contribution in [0.2, 0.25) is 5.02 Å². The maximum atomic E-state index is 12.0. The van der Waals surface area contributed by atoms with Crippen LogP contribution in [0, 0.1) is 0 Å². The highest BCUT2D eigenvalue weighted by Gasteiger charge is 2.23. The molecule has 8 heteroatoms. The molecule has 1 fully saturated rings. The number of carbonyl (C=O) groups excluding carboxylic acids is 2. The number of nitrogens with one attached hydrogen (secondary N) is 1. The predicted molar refractivity (Wildman–Crippen MR) is 89.2 cm³/mol. The van der Waals surface area contributed by atoms with Crippen molar-refractivity contribution in [1.82, 2.24) is 10.3 Å². The van der Waals surface area contributed by atoms with Crippen molar-refractivity contribution in [3.8, 4) is 0 Å². The average molecular weight is 349 g/mol. The molecule has 1 saturated heterocycles. The smallest absolute Gasteiger partial charge is 0.254 e. The normalized spacial score (nSPS) is 15.3. The van der Waals surface area contributed by atoms with E-state index in [0.717, 1.165) is 12.8 Å². The van der Waals surface area contributed by atoms with Gasteiger partial charge in [0.1, 0.15) is 12.1 Å². The Balaban J connectivity index is 1.59. The number of hydrogen-bond donors (Lipinski definition) is 2. The maximum Gasteiger partial charge on any atom is 0.254 e. The monoisotopic (exact) mass is 348 g/mol. The molecule has 0 saturated carbocycles. The number of anilines is 1. The molecule has 3 rings (SSSR count). The molecule has 3 N–H and O–H groups in total. The number of halogens is 1. The fraction of sp³-hybridized carbons (Fsp3) is 0.312. The summed E-state index contributed by atoms with van der Waals surface area (Å²) < 4.78 is 4.91. The minimum absolute atomic E-state index is 0.0901. The summed E-state index contributed by atoms with van der Waals surface area (Å²) in [5.74, 6) is -0.0675. The van der Waals surface area contributed by atoms with Crippen molar-refractivity contribution in [2.45, 2.75) is 18.9 Å². The number of rotatable bonds is 4. The highest BCUT2D eigenvalue weighted by Crippen LogP contribution is 2.26. The summed E-state index contributed by atoms with van der Waals surface area (Å²) >= 11 is 6.20. The Labute approximate surface area is 143 Å². The van der Waals surface area contributed by atoms with Crippen LogP contribution in [0.1, 0.15) is 33.6 Å². The quantitative estimate of drug-likeness (QED) is 0.877. The van der Waals surface area contributed by atoms with Crippen LogP contribution in [0.15, 0.2) is 35.3 Å². The number of hydrogen-bond acceptors (Lipinski definition) is 5. The van der Waals surface area contributed by atoms with Gasteiger partial charge in [-0.2, -0.15) is 0 Å². The third-order valence-corrected chi connectivity index (χ3v) is 4.30. The molecule has 2 aromatic rings. The Morgan fingerprint density at radius 3 is 2.67 bits per heavy atom. The Hall–Kier alpha value is -2.54. The molecule has 1 aliphatic rings. The first-order chi connectivity index (χ1) is 11.5. The maximum absolute atomic E-state index is 12.0. The molecule has 7 nitrogen and oxygen atoms in total. The molecule has 0 unspecified atom stereocenters. The third-order valence-electron chi connectivity index (χ3n) is 4.02. The summed E-state index contributed by atoms with van der Waals surface area (Å²) in [7, 11) is 0. The van der Waals surface area contributed by atoms with Crippen LogP contribution in [-0.4, -0.2) is 35.9 Å². The van der Waals surface area contributed by atoms with E-state index >= 15 is 0 Å². The van der Waals surface area contributed by atoms with Gasteiger partial charge < -0.3 is 20.4 Å². The van der Waals surface area contributed by atoms with E-state index in [9.17, 15) is 9.59 Å². The van der Waals surface area contributed by atoms with Crippen LogP contribution in [0.5, 0.6) is 0 Å². The second kappa shape index (κ2) is 6.92. The van der Waals surface area contributed by atoms with Gasteiger partial charge in [-0.15, -0.1) is 0 Å². The Kier molecular flexibility index (Phi) is 4.71. The second-order valence-corrected chi connectivity index (χ2v) is 6.05. The first-order valence-corrected chi connectivity index (χ1v) is 7.96. The van der Waals surface area contributed by atoms with Crippen molar-refractivity contribution in [1.29, 1.82) is 0 Å². The van der Waals surface area contributed by atoms with Crippen molar-refractivity contribution in [2.24, 2.45) is 5.73 Å². The number of aromatic nitrogens is 1. The lowest BCUT2D eigenvalue weighted by Crippen LogP contribution is -2.45. The Bertz CT molecular complexity index is 740. The van der Waals surface area contributed by atoms with Gasteiger partial charge >= 0.3 is 0 Å². The number of nitrogens with two attached hydrogens (primary N) is 1. The highest BCUT2D eigenvalue weighted by atomic mass is 35.5. The third kappa shape index (κ3) is 3.51. The second-order valence-electron chi connectivity index (χ2n) is 5.64. The van der Waals surface area contributed by atoms with E-state index in [-0.39, 0.29) is 17.5 Å². The van der Waals surface area contributed by atoms with E-state index in [1.165, 1.54) is 24.8 Å². The van der Waals surface area contributed by atoms with Crippen LogP contribution in [0.25, 0.3) is 0 Å². The van der Waals surface area contributed by atoms with E-state index < -0.39 is 5.91 Å². The Morgan fingerprint density at radius 2 is 2.08 bits per heavy atom. The molecule has 126 valence electrons. The summed E-state index contributed by atoms with van der Waals surface area (Å²) in [5.41, 5.74) is 6.02. The van der Waals surface area contributed by atoms with Crippen LogP contribution < -0.4 is 16.0 Å². The van der Waals surface area contributed by atoms with Gasteiger partial charge in [0.2, 0.25) is 5.91 Å². The number of carbonyl (C=O) groups is 2. The summed E-state index contributed by atoms with van der Waals surface area (Å²) in [4.78, 5) is 29.4. The fourth-order valence-electron chi connectivity index (χ4n) is 2.70. The van der Waals surface area contributed by atoms with Crippen molar-refractivity contribution in [3.05, 3.63) is 47.0 Å². The molecule has 0 bridgehead atoms. The predicted octanol–water partition coefficient (Wildman–Crippen LogP) is 1.83. The van der Waals surface area contributed by atoms with Crippen molar-refractivity contribution in [3.63, 3.8) is 0 Å². The number of furan rings is 1. The van der Waals surface area contributed by atoms with Gasteiger partial charge in [-0.1, -0.05) is 11.6 Å². The lowest BCUT2D eigenvalue weighted by atomic mass is 10.0.